The van der Waals surface area contributed by atoms with Crippen molar-refractivity contribution in [3.63, 3.8) is 0 Å². The fourth-order valence-electron chi connectivity index (χ4n) is 3.47. The maximum Gasteiger partial charge on any atom is 0.266 e. The number of carbonyl (C=O) groups is 1. The molecule has 33 heavy (non-hydrogen) atoms. The Morgan fingerprint density at radius 2 is 1.79 bits per heavy atom. The van der Waals surface area contributed by atoms with Gasteiger partial charge in [0.15, 0.2) is 5.16 Å². The number of benzene rings is 3. The number of rotatable bonds is 5. The molecule has 4 aromatic rings. The highest BCUT2D eigenvalue weighted by Crippen LogP contribution is 2.28. The molecule has 4 rings (SSSR count). The van der Waals surface area contributed by atoms with E-state index in [2.05, 4.69) is 11.4 Å². The van der Waals surface area contributed by atoms with Gasteiger partial charge in [-0.2, -0.15) is 5.26 Å². The van der Waals surface area contributed by atoms with Gasteiger partial charge in [-0.05, 0) is 74.4 Å². The number of nitrogens with zero attached hydrogens (tertiary/aromatic N) is 3. The Kier molecular flexibility index (Phi) is 6.29. The van der Waals surface area contributed by atoms with Crippen LogP contribution in [0.3, 0.4) is 0 Å². The minimum Gasteiger partial charge on any atom is -0.325 e. The van der Waals surface area contributed by atoms with Crippen LogP contribution in [0.25, 0.3) is 16.6 Å². The van der Waals surface area contributed by atoms with E-state index in [1.807, 2.05) is 44.2 Å². The van der Waals surface area contributed by atoms with Gasteiger partial charge < -0.3 is 5.32 Å². The molecule has 0 radical (unpaired) electrons. The average molecular weight is 455 g/mol. The Balaban J connectivity index is 1.73. The molecule has 6 nitrogen and oxygen atoms in total. The van der Waals surface area contributed by atoms with Crippen molar-refractivity contribution in [3.05, 3.63) is 93.8 Å². The van der Waals surface area contributed by atoms with Crippen molar-refractivity contribution in [1.29, 1.82) is 5.26 Å². The van der Waals surface area contributed by atoms with Crippen molar-refractivity contribution >= 4 is 34.3 Å². The SMILES string of the molecule is Cc1cccc(-n2c(SC(C)C(=O)Nc3ccc(C#N)cc3)nc3ccccc3c2=O)c1C. The van der Waals surface area contributed by atoms with E-state index in [1.54, 1.807) is 47.9 Å². The van der Waals surface area contributed by atoms with Gasteiger partial charge in [0, 0.05) is 5.69 Å². The molecular formula is C26H22N4O2S. The van der Waals surface area contributed by atoms with Crippen LogP contribution in [0.1, 0.15) is 23.6 Å². The van der Waals surface area contributed by atoms with Crippen LogP contribution in [0.15, 0.2) is 76.7 Å². The topological polar surface area (TPSA) is 87.8 Å². The maximum atomic E-state index is 13.5. The number of nitriles is 1. The molecule has 164 valence electrons. The first kappa shape index (κ1) is 22.3. The normalized spacial score (nSPS) is 11.7. The number of anilines is 1. The molecular weight excluding hydrogens is 432 g/mol. The number of nitrogens with one attached hydrogen (secondary N) is 1. The maximum absolute atomic E-state index is 13.5. The van der Waals surface area contributed by atoms with E-state index >= 15 is 0 Å². The Morgan fingerprint density at radius 3 is 2.52 bits per heavy atom. The molecule has 1 atom stereocenters. The summed E-state index contributed by atoms with van der Waals surface area (Å²) in [4.78, 5) is 31.1. The molecule has 0 saturated carbocycles. The lowest BCUT2D eigenvalue weighted by molar-refractivity contribution is -0.115. The van der Waals surface area contributed by atoms with Crippen LogP contribution >= 0.6 is 11.8 Å². The summed E-state index contributed by atoms with van der Waals surface area (Å²) in [6.45, 7) is 5.75. The number of thioether (sulfide) groups is 1. The largest absolute Gasteiger partial charge is 0.325 e. The van der Waals surface area contributed by atoms with E-state index in [0.29, 0.717) is 27.3 Å². The molecule has 1 N–H and O–H groups in total. The zero-order valence-corrected chi connectivity index (χ0v) is 19.3. The second-order valence-corrected chi connectivity index (χ2v) is 9.02. The average Bonchev–Trinajstić information content (AvgIpc) is 2.82. The Hall–Kier alpha value is -3.89. The molecule has 0 aliphatic heterocycles. The van der Waals surface area contributed by atoms with Gasteiger partial charge in [0.05, 0.1) is 33.5 Å². The van der Waals surface area contributed by atoms with Gasteiger partial charge in [0.1, 0.15) is 0 Å². The molecule has 7 heteroatoms. The van der Waals surface area contributed by atoms with E-state index in [9.17, 15) is 9.59 Å². The molecule has 0 saturated heterocycles. The number of hydrogen-bond donors (Lipinski definition) is 1. The second kappa shape index (κ2) is 9.31. The van der Waals surface area contributed by atoms with Crippen LogP contribution in [-0.4, -0.2) is 20.7 Å². The number of carbonyl (C=O) groups excluding carboxylic acids is 1. The lowest BCUT2D eigenvalue weighted by Gasteiger charge is -2.18. The zero-order valence-electron chi connectivity index (χ0n) is 18.5. The van der Waals surface area contributed by atoms with E-state index in [0.717, 1.165) is 16.8 Å². The molecule has 1 amide bonds. The zero-order chi connectivity index (χ0) is 23.5. The highest BCUT2D eigenvalue weighted by atomic mass is 32.2. The van der Waals surface area contributed by atoms with Crippen LogP contribution in [0.2, 0.25) is 0 Å². The van der Waals surface area contributed by atoms with Crippen molar-refractivity contribution in [2.45, 2.75) is 31.2 Å². The van der Waals surface area contributed by atoms with E-state index < -0.39 is 5.25 Å². The smallest absolute Gasteiger partial charge is 0.266 e. The minimum atomic E-state index is -0.523. The number of hydrogen-bond acceptors (Lipinski definition) is 5. The Bertz CT molecular complexity index is 1450. The number of aromatic nitrogens is 2. The predicted molar refractivity (Wildman–Crippen MR) is 132 cm³/mol. The van der Waals surface area contributed by atoms with Gasteiger partial charge in [0.25, 0.3) is 5.56 Å². The second-order valence-electron chi connectivity index (χ2n) is 7.71. The lowest BCUT2D eigenvalue weighted by Crippen LogP contribution is -2.26. The quantitative estimate of drug-likeness (QED) is 0.339. The van der Waals surface area contributed by atoms with Crippen LogP contribution in [0.4, 0.5) is 5.69 Å². The van der Waals surface area contributed by atoms with Crippen LogP contribution in [0.5, 0.6) is 0 Å². The van der Waals surface area contributed by atoms with Crippen molar-refractivity contribution in [2.24, 2.45) is 0 Å². The van der Waals surface area contributed by atoms with E-state index in [1.165, 1.54) is 11.8 Å². The molecule has 0 aliphatic rings. The summed E-state index contributed by atoms with van der Waals surface area (Å²) in [5.41, 5.74) is 4.34. The van der Waals surface area contributed by atoms with Crippen molar-refractivity contribution in [3.8, 4) is 11.8 Å². The number of amides is 1. The molecule has 1 heterocycles. The molecule has 0 bridgehead atoms. The minimum absolute atomic E-state index is 0.170. The van der Waals surface area contributed by atoms with Gasteiger partial charge in [-0.15, -0.1) is 0 Å². The van der Waals surface area contributed by atoms with Crippen LogP contribution < -0.4 is 10.9 Å². The van der Waals surface area contributed by atoms with Gasteiger partial charge in [-0.25, -0.2) is 4.98 Å². The summed E-state index contributed by atoms with van der Waals surface area (Å²) in [7, 11) is 0. The molecule has 1 aromatic heterocycles. The van der Waals surface area contributed by atoms with Gasteiger partial charge >= 0.3 is 0 Å². The van der Waals surface area contributed by atoms with Gasteiger partial charge in [-0.1, -0.05) is 36.0 Å². The van der Waals surface area contributed by atoms with Crippen molar-refractivity contribution in [1.82, 2.24) is 9.55 Å². The molecule has 3 aromatic carbocycles. The summed E-state index contributed by atoms with van der Waals surface area (Å²) in [5, 5.41) is 12.3. The first-order valence-electron chi connectivity index (χ1n) is 10.4. The Labute approximate surface area is 195 Å². The summed E-state index contributed by atoms with van der Waals surface area (Å²) >= 11 is 1.23. The van der Waals surface area contributed by atoms with Gasteiger partial charge in [0.2, 0.25) is 5.91 Å². The summed E-state index contributed by atoms with van der Waals surface area (Å²) in [6, 6.07) is 21.8. The fourth-order valence-corrected chi connectivity index (χ4v) is 4.39. The Morgan fingerprint density at radius 1 is 1.06 bits per heavy atom. The third-order valence-corrected chi connectivity index (χ3v) is 6.55. The third-order valence-electron chi connectivity index (χ3n) is 5.49. The summed E-state index contributed by atoms with van der Waals surface area (Å²) in [6.07, 6.45) is 0. The standard InChI is InChI=1S/C26H22N4O2S/c1-16-7-6-10-23(17(16)2)30-25(32)21-8-4-5-9-22(21)29-26(30)33-18(3)24(31)28-20-13-11-19(15-27)12-14-20/h4-14,18H,1-3H3,(H,28,31). The van der Waals surface area contributed by atoms with Crippen molar-refractivity contribution < 1.29 is 4.79 Å². The first-order valence-corrected chi connectivity index (χ1v) is 11.3. The molecule has 0 spiro atoms. The molecule has 1 unspecified atom stereocenters. The number of fused-ring (bicyclic) bond motifs is 1. The highest BCUT2D eigenvalue weighted by Gasteiger charge is 2.21. The summed E-state index contributed by atoms with van der Waals surface area (Å²) < 4.78 is 1.60. The van der Waals surface area contributed by atoms with Crippen LogP contribution in [0, 0.1) is 25.2 Å². The monoisotopic (exact) mass is 454 g/mol. The van der Waals surface area contributed by atoms with Crippen molar-refractivity contribution in [2.75, 3.05) is 5.32 Å². The number of para-hydroxylation sites is 1. The molecule has 0 fully saturated rings. The molecule has 0 aliphatic carbocycles. The first-order chi connectivity index (χ1) is 15.9. The summed E-state index contributed by atoms with van der Waals surface area (Å²) in [5.74, 6) is -0.223. The van der Waals surface area contributed by atoms with E-state index in [-0.39, 0.29) is 11.5 Å². The van der Waals surface area contributed by atoms with Gasteiger partial charge in [-0.3, -0.25) is 14.2 Å². The highest BCUT2D eigenvalue weighted by molar-refractivity contribution is 8.00. The van der Waals surface area contributed by atoms with Crippen LogP contribution in [-0.2, 0) is 4.79 Å². The predicted octanol–water partition coefficient (Wildman–Crippen LogP) is 4.99. The number of aryl methyl sites for hydroxylation is 1. The lowest BCUT2D eigenvalue weighted by atomic mass is 10.1. The fraction of sp³-hybridized carbons (Fsp3) is 0.154. The third kappa shape index (κ3) is 4.52. The van der Waals surface area contributed by atoms with E-state index in [4.69, 9.17) is 10.2 Å².